The molecular formula is C10H17N3S. The minimum atomic E-state index is 0.563. The lowest BCUT2D eigenvalue weighted by Crippen LogP contribution is -2.13. The van der Waals surface area contributed by atoms with Crippen molar-refractivity contribution in [1.29, 1.82) is 0 Å². The average molecular weight is 211 g/mol. The molecule has 0 amide bonds. The second-order valence-corrected chi connectivity index (χ2v) is 4.32. The van der Waals surface area contributed by atoms with E-state index in [1.54, 1.807) is 6.20 Å². The summed E-state index contributed by atoms with van der Waals surface area (Å²) in [5.41, 5.74) is 6.52. The Kier molecular flexibility index (Phi) is 4.59. The van der Waals surface area contributed by atoms with Crippen molar-refractivity contribution in [1.82, 2.24) is 4.98 Å². The van der Waals surface area contributed by atoms with Crippen LogP contribution < -0.4 is 11.1 Å². The highest BCUT2D eigenvalue weighted by atomic mass is 32.2. The monoisotopic (exact) mass is 211 g/mol. The predicted octanol–water partition coefficient (Wildman–Crippen LogP) is 2.07. The van der Waals surface area contributed by atoms with E-state index in [0.717, 1.165) is 12.2 Å². The van der Waals surface area contributed by atoms with Crippen LogP contribution in [-0.4, -0.2) is 23.5 Å². The van der Waals surface area contributed by atoms with E-state index in [0.29, 0.717) is 11.7 Å². The summed E-state index contributed by atoms with van der Waals surface area (Å²) < 4.78 is 0. The summed E-state index contributed by atoms with van der Waals surface area (Å²) in [6.07, 6.45) is 3.89. The summed E-state index contributed by atoms with van der Waals surface area (Å²) in [7, 11) is 0. The standard InChI is InChI=1S/C10H17N3S/c1-8(7-14-2)5-12-9-3-4-10(11)13-6-9/h3-4,6,8,12H,5,7H2,1-2H3,(H2,11,13). The van der Waals surface area contributed by atoms with E-state index < -0.39 is 0 Å². The zero-order chi connectivity index (χ0) is 10.4. The van der Waals surface area contributed by atoms with Crippen molar-refractivity contribution in [2.24, 2.45) is 5.92 Å². The Morgan fingerprint density at radius 3 is 2.93 bits per heavy atom. The lowest BCUT2D eigenvalue weighted by Gasteiger charge is -2.11. The number of nitrogen functional groups attached to an aromatic ring is 1. The molecule has 1 heterocycles. The van der Waals surface area contributed by atoms with Crippen molar-refractivity contribution < 1.29 is 0 Å². The van der Waals surface area contributed by atoms with E-state index in [2.05, 4.69) is 23.5 Å². The van der Waals surface area contributed by atoms with Crippen LogP contribution in [0.1, 0.15) is 6.92 Å². The molecule has 3 N–H and O–H groups in total. The Morgan fingerprint density at radius 1 is 1.57 bits per heavy atom. The van der Waals surface area contributed by atoms with Crippen molar-refractivity contribution in [3.8, 4) is 0 Å². The third-order valence-corrected chi connectivity index (χ3v) is 2.79. The molecule has 14 heavy (non-hydrogen) atoms. The topological polar surface area (TPSA) is 50.9 Å². The fraction of sp³-hybridized carbons (Fsp3) is 0.500. The first-order chi connectivity index (χ1) is 6.72. The zero-order valence-corrected chi connectivity index (χ0v) is 9.47. The molecule has 0 aliphatic carbocycles. The van der Waals surface area contributed by atoms with Crippen molar-refractivity contribution >= 4 is 23.3 Å². The number of nitrogens with zero attached hydrogens (tertiary/aromatic N) is 1. The van der Waals surface area contributed by atoms with Gasteiger partial charge in [0.25, 0.3) is 0 Å². The molecule has 0 bridgehead atoms. The molecule has 1 rings (SSSR count). The van der Waals surface area contributed by atoms with Gasteiger partial charge in [-0.1, -0.05) is 6.92 Å². The lowest BCUT2D eigenvalue weighted by atomic mass is 10.2. The summed E-state index contributed by atoms with van der Waals surface area (Å²) in [6.45, 7) is 3.21. The Hall–Kier alpha value is -0.900. The second-order valence-electron chi connectivity index (χ2n) is 3.41. The maximum absolute atomic E-state index is 5.49. The highest BCUT2D eigenvalue weighted by molar-refractivity contribution is 7.98. The lowest BCUT2D eigenvalue weighted by molar-refractivity contribution is 0.701. The van der Waals surface area contributed by atoms with Gasteiger partial charge in [0.15, 0.2) is 0 Å². The maximum atomic E-state index is 5.49. The number of rotatable bonds is 5. The number of nitrogens with two attached hydrogens (primary N) is 1. The van der Waals surface area contributed by atoms with E-state index in [1.165, 1.54) is 5.75 Å². The Morgan fingerprint density at radius 2 is 2.36 bits per heavy atom. The summed E-state index contributed by atoms with van der Waals surface area (Å²) in [5, 5.41) is 3.33. The van der Waals surface area contributed by atoms with Crippen LogP contribution in [0.4, 0.5) is 11.5 Å². The first kappa shape index (κ1) is 11.2. The van der Waals surface area contributed by atoms with Gasteiger partial charge in [0.2, 0.25) is 0 Å². The molecular weight excluding hydrogens is 194 g/mol. The number of pyridine rings is 1. The fourth-order valence-electron chi connectivity index (χ4n) is 1.15. The number of hydrogen-bond acceptors (Lipinski definition) is 4. The highest BCUT2D eigenvalue weighted by Crippen LogP contribution is 2.09. The van der Waals surface area contributed by atoms with Crippen LogP contribution in [0.25, 0.3) is 0 Å². The van der Waals surface area contributed by atoms with Crippen molar-refractivity contribution in [2.45, 2.75) is 6.92 Å². The van der Waals surface area contributed by atoms with Gasteiger partial charge in [-0.25, -0.2) is 4.98 Å². The van der Waals surface area contributed by atoms with Crippen LogP contribution in [0, 0.1) is 5.92 Å². The van der Waals surface area contributed by atoms with Crippen LogP contribution in [-0.2, 0) is 0 Å². The number of anilines is 2. The zero-order valence-electron chi connectivity index (χ0n) is 8.66. The number of thioether (sulfide) groups is 1. The number of aromatic nitrogens is 1. The van der Waals surface area contributed by atoms with Gasteiger partial charge in [0, 0.05) is 6.54 Å². The minimum Gasteiger partial charge on any atom is -0.384 e. The Bertz CT molecular complexity index is 261. The van der Waals surface area contributed by atoms with E-state index in [4.69, 9.17) is 5.73 Å². The molecule has 0 saturated carbocycles. The Balaban J connectivity index is 2.34. The Labute approximate surface area is 89.5 Å². The van der Waals surface area contributed by atoms with Gasteiger partial charge in [-0.3, -0.25) is 0 Å². The van der Waals surface area contributed by atoms with Gasteiger partial charge in [-0.15, -0.1) is 0 Å². The quantitative estimate of drug-likeness (QED) is 0.783. The fourth-order valence-corrected chi connectivity index (χ4v) is 1.83. The molecule has 0 saturated heterocycles. The smallest absolute Gasteiger partial charge is 0.123 e. The summed E-state index contributed by atoms with van der Waals surface area (Å²) in [4.78, 5) is 4.01. The number of hydrogen-bond donors (Lipinski definition) is 2. The molecule has 1 unspecified atom stereocenters. The predicted molar refractivity (Wildman–Crippen MR) is 64.7 cm³/mol. The minimum absolute atomic E-state index is 0.563. The molecule has 0 fully saturated rings. The number of nitrogens with one attached hydrogen (secondary N) is 1. The van der Waals surface area contributed by atoms with Crippen molar-refractivity contribution in [3.63, 3.8) is 0 Å². The molecule has 0 radical (unpaired) electrons. The molecule has 0 aliphatic heterocycles. The first-order valence-electron chi connectivity index (χ1n) is 4.66. The second kappa shape index (κ2) is 5.75. The van der Waals surface area contributed by atoms with E-state index in [1.807, 2.05) is 23.9 Å². The van der Waals surface area contributed by atoms with E-state index >= 15 is 0 Å². The van der Waals surface area contributed by atoms with E-state index in [-0.39, 0.29) is 0 Å². The summed E-state index contributed by atoms with van der Waals surface area (Å²) >= 11 is 1.87. The van der Waals surface area contributed by atoms with Gasteiger partial charge in [0.05, 0.1) is 11.9 Å². The van der Waals surface area contributed by atoms with Crippen LogP contribution in [0.2, 0.25) is 0 Å². The molecule has 0 spiro atoms. The molecule has 78 valence electrons. The normalized spacial score (nSPS) is 12.4. The van der Waals surface area contributed by atoms with Crippen molar-refractivity contribution in [2.75, 3.05) is 29.6 Å². The first-order valence-corrected chi connectivity index (χ1v) is 6.06. The van der Waals surface area contributed by atoms with Crippen molar-refractivity contribution in [3.05, 3.63) is 18.3 Å². The van der Waals surface area contributed by atoms with E-state index in [9.17, 15) is 0 Å². The largest absolute Gasteiger partial charge is 0.384 e. The van der Waals surface area contributed by atoms with Gasteiger partial charge in [-0.05, 0) is 30.1 Å². The van der Waals surface area contributed by atoms with Gasteiger partial charge < -0.3 is 11.1 Å². The van der Waals surface area contributed by atoms with Crippen LogP contribution in [0.15, 0.2) is 18.3 Å². The average Bonchev–Trinajstić information content (AvgIpc) is 2.17. The third-order valence-electron chi connectivity index (χ3n) is 1.89. The summed E-state index contributed by atoms with van der Waals surface area (Å²) in [5.74, 6) is 2.41. The molecule has 4 heteroatoms. The maximum Gasteiger partial charge on any atom is 0.123 e. The molecule has 0 aliphatic rings. The van der Waals surface area contributed by atoms with Crippen LogP contribution in [0.5, 0.6) is 0 Å². The highest BCUT2D eigenvalue weighted by Gasteiger charge is 2.00. The SMILES string of the molecule is CSCC(C)CNc1ccc(N)nc1. The third kappa shape index (κ3) is 3.87. The molecule has 1 aromatic heterocycles. The van der Waals surface area contributed by atoms with Crippen LogP contribution >= 0.6 is 11.8 Å². The molecule has 1 aromatic rings. The molecule has 0 aromatic carbocycles. The molecule has 3 nitrogen and oxygen atoms in total. The van der Waals surface area contributed by atoms with Gasteiger partial charge in [0.1, 0.15) is 5.82 Å². The van der Waals surface area contributed by atoms with Crippen LogP contribution in [0.3, 0.4) is 0 Å². The molecule has 1 atom stereocenters. The summed E-state index contributed by atoms with van der Waals surface area (Å²) in [6, 6.07) is 3.76. The van der Waals surface area contributed by atoms with Gasteiger partial charge >= 0.3 is 0 Å². The van der Waals surface area contributed by atoms with Gasteiger partial charge in [-0.2, -0.15) is 11.8 Å².